The first-order valence-corrected chi connectivity index (χ1v) is 13.7. The molecule has 0 aliphatic rings. The highest BCUT2D eigenvalue weighted by atomic mass is 15.3. The van der Waals surface area contributed by atoms with Gasteiger partial charge in [0.25, 0.3) is 0 Å². The number of hydrogen-bond acceptors (Lipinski definition) is 3. The number of nitrogens with zero attached hydrogens (tertiary/aromatic N) is 4. The predicted octanol–water partition coefficient (Wildman–Crippen LogP) is 9.28. The zero-order valence-corrected chi connectivity index (χ0v) is 23.7. The van der Waals surface area contributed by atoms with E-state index in [4.69, 9.17) is 15.1 Å². The third-order valence-corrected chi connectivity index (χ3v) is 7.16. The number of benzene rings is 4. The van der Waals surface area contributed by atoms with Crippen LogP contribution in [0.3, 0.4) is 0 Å². The lowest BCUT2D eigenvalue weighted by Gasteiger charge is -2.18. The van der Waals surface area contributed by atoms with Crippen LogP contribution in [0.2, 0.25) is 0 Å². The standard InChI is InChI=1S/C35H36N4/c1-23(2)28-19-13-20-29(24(3)4)34(28)37-35(27-16-8-7-9-17-27)39-32-21-11-10-18-30(32)31(38-39)22-36-33-25(5)14-12-15-26(33)6/h7-24H,1-6H3. The molecule has 0 N–H and O–H groups in total. The molecule has 0 saturated carbocycles. The maximum Gasteiger partial charge on any atom is 0.161 e. The Morgan fingerprint density at radius 1 is 0.692 bits per heavy atom. The normalized spacial score (nSPS) is 12.4. The Kier molecular flexibility index (Phi) is 7.56. The molecular weight excluding hydrogens is 476 g/mol. The minimum absolute atomic E-state index is 0.342. The summed E-state index contributed by atoms with van der Waals surface area (Å²) in [5.74, 6) is 1.48. The van der Waals surface area contributed by atoms with Gasteiger partial charge in [0.15, 0.2) is 5.84 Å². The Bertz CT molecular complexity index is 1620. The van der Waals surface area contributed by atoms with Gasteiger partial charge in [0, 0.05) is 10.9 Å². The van der Waals surface area contributed by atoms with Gasteiger partial charge in [-0.15, -0.1) is 0 Å². The Labute approximate surface area is 231 Å². The van der Waals surface area contributed by atoms with Crippen LogP contribution in [0, 0.1) is 13.8 Å². The van der Waals surface area contributed by atoms with Gasteiger partial charge >= 0.3 is 0 Å². The summed E-state index contributed by atoms with van der Waals surface area (Å²) in [6.45, 7) is 13.1. The Balaban J connectivity index is 1.76. The summed E-state index contributed by atoms with van der Waals surface area (Å²) in [4.78, 5) is 10.3. The van der Waals surface area contributed by atoms with E-state index in [-0.39, 0.29) is 0 Å². The Morgan fingerprint density at radius 3 is 1.92 bits per heavy atom. The average molecular weight is 513 g/mol. The predicted molar refractivity (Wildman–Crippen MR) is 166 cm³/mol. The third kappa shape index (κ3) is 5.33. The second-order valence-corrected chi connectivity index (χ2v) is 10.7. The molecule has 1 aromatic heterocycles. The lowest BCUT2D eigenvalue weighted by Crippen LogP contribution is -2.16. The number of rotatable bonds is 6. The van der Waals surface area contributed by atoms with E-state index in [0.717, 1.165) is 50.5 Å². The summed E-state index contributed by atoms with van der Waals surface area (Å²) in [6.07, 6.45) is 1.89. The molecule has 0 unspecified atom stereocenters. The highest BCUT2D eigenvalue weighted by Crippen LogP contribution is 2.36. The Morgan fingerprint density at radius 2 is 1.28 bits per heavy atom. The van der Waals surface area contributed by atoms with Gasteiger partial charge in [-0.2, -0.15) is 5.10 Å². The largest absolute Gasteiger partial charge is 0.254 e. The maximum absolute atomic E-state index is 5.42. The van der Waals surface area contributed by atoms with Gasteiger partial charge in [0.1, 0.15) is 5.69 Å². The SMILES string of the molecule is Cc1cccc(C)c1N=Cc1nn(C(=Nc2c(C(C)C)cccc2C(C)C)c2ccccc2)c2ccccc12. The second kappa shape index (κ2) is 11.2. The fourth-order valence-corrected chi connectivity index (χ4v) is 5.05. The number of aryl methyl sites for hydroxylation is 2. The van der Waals surface area contributed by atoms with E-state index in [2.05, 4.69) is 126 Å². The lowest BCUT2D eigenvalue weighted by atomic mass is 9.93. The number of fused-ring (bicyclic) bond motifs is 1. The van der Waals surface area contributed by atoms with E-state index in [1.165, 1.54) is 11.1 Å². The van der Waals surface area contributed by atoms with Crippen molar-refractivity contribution in [1.82, 2.24) is 9.78 Å². The summed E-state index contributed by atoms with van der Waals surface area (Å²) in [5.41, 5.74) is 9.62. The molecule has 0 atom stereocenters. The van der Waals surface area contributed by atoms with Crippen LogP contribution in [0.4, 0.5) is 11.4 Å². The van der Waals surface area contributed by atoms with Gasteiger partial charge < -0.3 is 0 Å². The molecule has 5 rings (SSSR count). The van der Waals surface area contributed by atoms with Crippen LogP contribution in [-0.4, -0.2) is 21.8 Å². The molecule has 4 nitrogen and oxygen atoms in total. The summed E-state index contributed by atoms with van der Waals surface area (Å²) >= 11 is 0. The van der Waals surface area contributed by atoms with E-state index >= 15 is 0 Å². The quantitative estimate of drug-likeness (QED) is 0.165. The average Bonchev–Trinajstić information content (AvgIpc) is 3.30. The molecule has 0 radical (unpaired) electrons. The van der Waals surface area contributed by atoms with Crippen molar-refractivity contribution < 1.29 is 0 Å². The van der Waals surface area contributed by atoms with Crippen molar-refractivity contribution in [2.75, 3.05) is 0 Å². The smallest absolute Gasteiger partial charge is 0.161 e. The monoisotopic (exact) mass is 512 g/mol. The molecule has 0 aliphatic heterocycles. The van der Waals surface area contributed by atoms with Crippen LogP contribution in [0.1, 0.15) is 73.0 Å². The van der Waals surface area contributed by atoms with Crippen molar-refractivity contribution in [1.29, 1.82) is 0 Å². The van der Waals surface area contributed by atoms with Crippen LogP contribution in [0.5, 0.6) is 0 Å². The van der Waals surface area contributed by atoms with Crippen LogP contribution >= 0.6 is 0 Å². The fraction of sp³-hybridized carbons (Fsp3) is 0.229. The molecule has 0 amide bonds. The number of aromatic nitrogens is 2. The summed E-state index contributed by atoms with van der Waals surface area (Å²) < 4.78 is 1.98. The van der Waals surface area contributed by atoms with E-state index in [1.54, 1.807) is 0 Å². The van der Waals surface area contributed by atoms with Crippen LogP contribution in [0.15, 0.2) is 101 Å². The molecule has 5 aromatic rings. The number of para-hydroxylation sites is 3. The highest BCUT2D eigenvalue weighted by molar-refractivity contribution is 6.09. The molecule has 4 aromatic carbocycles. The molecule has 0 fully saturated rings. The number of aliphatic imine (C=N–C) groups is 2. The molecule has 196 valence electrons. The first kappa shape index (κ1) is 26.3. The third-order valence-electron chi connectivity index (χ3n) is 7.16. The van der Waals surface area contributed by atoms with E-state index < -0.39 is 0 Å². The van der Waals surface area contributed by atoms with Crippen molar-refractivity contribution in [3.63, 3.8) is 0 Å². The lowest BCUT2D eigenvalue weighted by molar-refractivity contribution is 0.833. The van der Waals surface area contributed by atoms with E-state index in [1.807, 2.05) is 17.0 Å². The van der Waals surface area contributed by atoms with Gasteiger partial charge in [0.05, 0.1) is 23.1 Å². The molecule has 1 heterocycles. The molecule has 0 aliphatic carbocycles. The summed E-state index contributed by atoms with van der Waals surface area (Å²) in [7, 11) is 0. The van der Waals surface area contributed by atoms with Gasteiger partial charge in [-0.05, 0) is 54.0 Å². The number of hydrogen-bond donors (Lipinski definition) is 0. The minimum atomic E-state index is 0.342. The highest BCUT2D eigenvalue weighted by Gasteiger charge is 2.19. The molecular formula is C35H36N4. The molecule has 4 heteroatoms. The van der Waals surface area contributed by atoms with Gasteiger partial charge in [0.2, 0.25) is 0 Å². The van der Waals surface area contributed by atoms with Crippen molar-refractivity contribution in [2.45, 2.75) is 53.4 Å². The van der Waals surface area contributed by atoms with Crippen molar-refractivity contribution >= 4 is 34.3 Å². The zero-order valence-electron chi connectivity index (χ0n) is 23.7. The topological polar surface area (TPSA) is 42.5 Å². The second-order valence-electron chi connectivity index (χ2n) is 10.7. The van der Waals surface area contributed by atoms with Crippen molar-refractivity contribution in [3.8, 4) is 0 Å². The van der Waals surface area contributed by atoms with Crippen LogP contribution in [0.25, 0.3) is 10.9 Å². The van der Waals surface area contributed by atoms with Crippen molar-refractivity contribution in [3.05, 3.63) is 125 Å². The molecule has 39 heavy (non-hydrogen) atoms. The van der Waals surface area contributed by atoms with Gasteiger partial charge in [-0.3, -0.25) is 4.99 Å². The summed E-state index contributed by atoms with van der Waals surface area (Å²) in [6, 6.07) is 31.5. The van der Waals surface area contributed by atoms with Crippen LogP contribution < -0.4 is 0 Å². The first-order chi connectivity index (χ1) is 18.8. The van der Waals surface area contributed by atoms with Gasteiger partial charge in [-0.25, -0.2) is 9.67 Å². The van der Waals surface area contributed by atoms with Crippen LogP contribution in [-0.2, 0) is 0 Å². The molecule has 0 spiro atoms. The fourth-order valence-electron chi connectivity index (χ4n) is 5.05. The van der Waals surface area contributed by atoms with Crippen molar-refractivity contribution in [2.24, 2.45) is 9.98 Å². The zero-order chi connectivity index (χ0) is 27.5. The summed E-state index contributed by atoms with van der Waals surface area (Å²) in [5, 5.41) is 6.16. The van der Waals surface area contributed by atoms with E-state index in [0.29, 0.717) is 11.8 Å². The molecule has 0 bridgehead atoms. The van der Waals surface area contributed by atoms with Gasteiger partial charge in [-0.1, -0.05) is 113 Å². The first-order valence-electron chi connectivity index (χ1n) is 13.7. The maximum atomic E-state index is 5.42. The minimum Gasteiger partial charge on any atom is -0.254 e. The molecule has 0 saturated heterocycles. The Hall–Kier alpha value is -4.31. The van der Waals surface area contributed by atoms with E-state index in [9.17, 15) is 0 Å².